The van der Waals surface area contributed by atoms with Crippen LogP contribution in [0.3, 0.4) is 0 Å². The second-order valence-corrected chi connectivity index (χ2v) is 5.93. The summed E-state index contributed by atoms with van der Waals surface area (Å²) in [6, 6.07) is 0. The fraction of sp³-hybridized carbons (Fsp3) is 0.875. The van der Waals surface area contributed by atoms with Crippen LogP contribution in [0.4, 0.5) is 0 Å². The lowest BCUT2D eigenvalue weighted by Crippen LogP contribution is -2.40. The number of carbonyl (C=O) groups excluding carboxylic acids is 2. The fourth-order valence-corrected chi connectivity index (χ4v) is 2.63. The van der Waals surface area contributed by atoms with Crippen LogP contribution in [-0.2, 0) is 14.3 Å². The molecule has 0 bridgehead atoms. The highest BCUT2D eigenvalue weighted by atomic mass is 16.5. The predicted octanol–water partition coefficient (Wildman–Crippen LogP) is 1.16. The van der Waals surface area contributed by atoms with Gasteiger partial charge in [-0.25, -0.2) is 0 Å². The number of hydrogen-bond donors (Lipinski definition) is 0. The molecule has 1 atom stereocenters. The molecular weight excluding hydrogens is 282 g/mol. The zero-order chi connectivity index (χ0) is 16.5. The third-order valence-corrected chi connectivity index (χ3v) is 4.17. The highest BCUT2D eigenvalue weighted by Gasteiger charge is 2.21. The topological polar surface area (TPSA) is 53.1 Å². The van der Waals surface area contributed by atoms with E-state index in [9.17, 15) is 9.59 Å². The number of hydrogen-bond acceptors (Lipinski definition) is 4. The van der Waals surface area contributed by atoms with E-state index in [0.29, 0.717) is 19.5 Å². The van der Waals surface area contributed by atoms with Gasteiger partial charge < -0.3 is 14.5 Å². The maximum atomic E-state index is 11.7. The Labute approximate surface area is 134 Å². The van der Waals surface area contributed by atoms with Gasteiger partial charge in [0.15, 0.2) is 0 Å². The van der Waals surface area contributed by atoms with Crippen molar-refractivity contribution in [3.05, 3.63) is 0 Å². The van der Waals surface area contributed by atoms with Crippen molar-refractivity contribution in [1.29, 1.82) is 0 Å². The van der Waals surface area contributed by atoms with Crippen molar-refractivity contribution in [2.24, 2.45) is 0 Å². The molecule has 1 heterocycles. The molecule has 1 fully saturated rings. The van der Waals surface area contributed by atoms with E-state index in [-0.39, 0.29) is 18.0 Å². The average Bonchev–Trinajstić information content (AvgIpc) is 2.87. The zero-order valence-electron chi connectivity index (χ0n) is 14.5. The molecule has 1 aliphatic heterocycles. The Balaban J connectivity index is 2.29. The van der Waals surface area contributed by atoms with Crippen LogP contribution in [0, 0.1) is 0 Å². The molecule has 0 aromatic heterocycles. The van der Waals surface area contributed by atoms with Crippen LogP contribution in [0.25, 0.3) is 0 Å². The molecule has 1 saturated heterocycles. The molecule has 6 heteroatoms. The quantitative estimate of drug-likeness (QED) is 0.641. The van der Waals surface area contributed by atoms with E-state index < -0.39 is 0 Å². The molecule has 0 aromatic carbocycles. The van der Waals surface area contributed by atoms with Crippen LogP contribution in [0.2, 0.25) is 0 Å². The lowest BCUT2D eigenvalue weighted by atomic mass is 10.3. The Hall–Kier alpha value is -1.14. The van der Waals surface area contributed by atoms with Gasteiger partial charge in [-0.2, -0.15) is 0 Å². The first-order valence-corrected chi connectivity index (χ1v) is 8.30. The van der Waals surface area contributed by atoms with Crippen molar-refractivity contribution in [2.75, 3.05) is 46.4 Å². The summed E-state index contributed by atoms with van der Waals surface area (Å²) >= 11 is 0. The molecular formula is C16H31N3O3. The van der Waals surface area contributed by atoms with E-state index in [4.69, 9.17) is 4.74 Å². The average molecular weight is 313 g/mol. The van der Waals surface area contributed by atoms with E-state index in [0.717, 1.165) is 39.1 Å². The van der Waals surface area contributed by atoms with Crippen molar-refractivity contribution in [1.82, 2.24) is 14.7 Å². The van der Waals surface area contributed by atoms with Gasteiger partial charge in [0.1, 0.15) is 6.23 Å². The molecule has 2 amide bonds. The van der Waals surface area contributed by atoms with Gasteiger partial charge in [0, 0.05) is 53.1 Å². The summed E-state index contributed by atoms with van der Waals surface area (Å²) < 4.78 is 5.50. The molecule has 0 aromatic rings. The van der Waals surface area contributed by atoms with Crippen molar-refractivity contribution < 1.29 is 14.3 Å². The number of carbonyl (C=O) groups is 2. The first-order valence-electron chi connectivity index (χ1n) is 8.30. The van der Waals surface area contributed by atoms with Crippen LogP contribution < -0.4 is 0 Å². The van der Waals surface area contributed by atoms with Crippen molar-refractivity contribution >= 4 is 11.8 Å². The third-order valence-electron chi connectivity index (χ3n) is 4.17. The Morgan fingerprint density at radius 1 is 1.27 bits per heavy atom. The molecule has 0 aliphatic carbocycles. The molecule has 0 N–H and O–H groups in total. The van der Waals surface area contributed by atoms with E-state index >= 15 is 0 Å². The van der Waals surface area contributed by atoms with Gasteiger partial charge in [0.25, 0.3) is 0 Å². The van der Waals surface area contributed by atoms with Gasteiger partial charge in [0.05, 0.1) is 6.61 Å². The first-order chi connectivity index (χ1) is 10.5. The van der Waals surface area contributed by atoms with Gasteiger partial charge >= 0.3 is 0 Å². The maximum Gasteiger partial charge on any atom is 0.222 e. The van der Waals surface area contributed by atoms with Crippen LogP contribution in [-0.4, -0.2) is 79.1 Å². The lowest BCUT2D eigenvalue weighted by Gasteiger charge is -2.26. The summed E-state index contributed by atoms with van der Waals surface area (Å²) in [6.07, 6.45) is 2.43. The lowest BCUT2D eigenvalue weighted by molar-refractivity contribution is -0.130. The molecule has 0 spiro atoms. The highest BCUT2D eigenvalue weighted by Crippen LogP contribution is 2.08. The monoisotopic (exact) mass is 313 g/mol. The van der Waals surface area contributed by atoms with Crippen molar-refractivity contribution in [2.45, 2.75) is 46.3 Å². The van der Waals surface area contributed by atoms with Gasteiger partial charge in [0.2, 0.25) is 11.8 Å². The molecule has 128 valence electrons. The van der Waals surface area contributed by atoms with Crippen LogP contribution in [0.15, 0.2) is 0 Å². The Kier molecular flexibility index (Phi) is 8.42. The summed E-state index contributed by atoms with van der Waals surface area (Å²) in [5, 5.41) is 0. The van der Waals surface area contributed by atoms with Gasteiger partial charge in [-0.3, -0.25) is 14.5 Å². The van der Waals surface area contributed by atoms with E-state index in [1.54, 1.807) is 11.8 Å². The Morgan fingerprint density at radius 2 is 2.00 bits per heavy atom. The molecule has 0 saturated carbocycles. The summed E-state index contributed by atoms with van der Waals surface area (Å²) in [5.41, 5.74) is 0. The SMILES string of the molecule is CCCC(=O)N(C)CCCN(CCN1CCOC1C)C(C)=O. The standard InChI is InChI=1S/C16H31N3O3/c1-5-7-16(21)17(4)8-6-9-18(14(2)20)10-11-19-12-13-22-15(19)3/h15H,5-13H2,1-4H3. The van der Waals surface area contributed by atoms with Gasteiger partial charge in [-0.05, 0) is 19.8 Å². The highest BCUT2D eigenvalue weighted by molar-refractivity contribution is 5.75. The number of amides is 2. The minimum Gasteiger partial charge on any atom is -0.362 e. The molecule has 1 unspecified atom stereocenters. The molecule has 0 radical (unpaired) electrons. The van der Waals surface area contributed by atoms with Crippen molar-refractivity contribution in [3.63, 3.8) is 0 Å². The maximum absolute atomic E-state index is 11.7. The number of ether oxygens (including phenoxy) is 1. The Morgan fingerprint density at radius 3 is 2.55 bits per heavy atom. The number of rotatable bonds is 9. The van der Waals surface area contributed by atoms with Crippen LogP contribution in [0.1, 0.15) is 40.0 Å². The summed E-state index contributed by atoms with van der Waals surface area (Å²) in [4.78, 5) is 29.3. The summed E-state index contributed by atoms with van der Waals surface area (Å²) in [7, 11) is 1.83. The van der Waals surface area contributed by atoms with E-state index in [1.807, 2.05) is 25.8 Å². The first kappa shape index (κ1) is 18.9. The summed E-state index contributed by atoms with van der Waals surface area (Å²) in [5.74, 6) is 0.273. The summed E-state index contributed by atoms with van der Waals surface area (Å²) in [6.45, 7) is 10.3. The molecule has 1 rings (SSSR count). The number of nitrogens with zero attached hydrogens (tertiary/aromatic N) is 3. The fourth-order valence-electron chi connectivity index (χ4n) is 2.63. The normalized spacial score (nSPS) is 18.5. The smallest absolute Gasteiger partial charge is 0.222 e. The molecule has 1 aliphatic rings. The Bertz CT molecular complexity index is 363. The second-order valence-electron chi connectivity index (χ2n) is 5.93. The van der Waals surface area contributed by atoms with Crippen molar-refractivity contribution in [3.8, 4) is 0 Å². The predicted molar refractivity (Wildman–Crippen MR) is 86.4 cm³/mol. The molecule has 6 nitrogen and oxygen atoms in total. The largest absolute Gasteiger partial charge is 0.362 e. The minimum atomic E-state index is 0.0929. The van der Waals surface area contributed by atoms with Gasteiger partial charge in [-0.15, -0.1) is 0 Å². The van der Waals surface area contributed by atoms with E-state index in [2.05, 4.69) is 4.90 Å². The van der Waals surface area contributed by atoms with E-state index in [1.165, 1.54) is 0 Å². The van der Waals surface area contributed by atoms with Crippen LogP contribution >= 0.6 is 0 Å². The minimum absolute atomic E-state index is 0.0929. The van der Waals surface area contributed by atoms with Crippen LogP contribution in [0.5, 0.6) is 0 Å². The second kappa shape index (κ2) is 9.79. The third kappa shape index (κ3) is 6.32. The zero-order valence-corrected chi connectivity index (χ0v) is 14.5. The van der Waals surface area contributed by atoms with Gasteiger partial charge in [-0.1, -0.05) is 6.92 Å². The molecule has 22 heavy (non-hydrogen) atoms.